The topological polar surface area (TPSA) is 89.8 Å². The van der Waals surface area contributed by atoms with Crippen molar-refractivity contribution in [3.8, 4) is 0 Å². The predicted molar refractivity (Wildman–Crippen MR) is 129 cm³/mol. The third-order valence-corrected chi connectivity index (χ3v) is 6.44. The molecule has 0 radical (unpaired) electrons. The Morgan fingerprint density at radius 1 is 0.788 bits per heavy atom. The van der Waals surface area contributed by atoms with E-state index in [0.29, 0.717) is 0 Å². The van der Waals surface area contributed by atoms with Crippen LogP contribution in [0.3, 0.4) is 0 Å². The number of hydrogen-bond acceptors (Lipinski definition) is 4. The van der Waals surface area contributed by atoms with E-state index in [1.807, 2.05) is 24.3 Å². The van der Waals surface area contributed by atoms with Gasteiger partial charge in [0.05, 0.1) is 12.1 Å². The van der Waals surface area contributed by atoms with Gasteiger partial charge in [-0.3, -0.25) is 0 Å². The van der Waals surface area contributed by atoms with Crippen LogP contribution < -0.4 is 5.32 Å². The van der Waals surface area contributed by atoms with E-state index in [4.69, 9.17) is 0 Å². The average molecular weight is 440 g/mol. The molecule has 5 rings (SSSR count). The van der Waals surface area contributed by atoms with Crippen LogP contribution in [0.2, 0.25) is 0 Å². The Balaban J connectivity index is 1.58. The van der Waals surface area contributed by atoms with Gasteiger partial charge >= 0.3 is 5.97 Å². The van der Waals surface area contributed by atoms with Crippen LogP contribution >= 0.6 is 0 Å². The Morgan fingerprint density at radius 3 is 1.82 bits per heavy atom. The molecule has 0 aromatic heterocycles. The summed E-state index contributed by atoms with van der Waals surface area (Å²) in [5.41, 5.74) is 2.09. The second-order valence-electron chi connectivity index (χ2n) is 8.60. The average Bonchev–Trinajstić information content (AvgIpc) is 2.84. The van der Waals surface area contributed by atoms with E-state index in [1.165, 1.54) is 6.08 Å². The Morgan fingerprint density at radius 2 is 1.30 bits per heavy atom. The third-order valence-electron chi connectivity index (χ3n) is 6.44. The van der Waals surface area contributed by atoms with Gasteiger partial charge < -0.3 is 20.6 Å². The number of fused-ring (bicyclic) bond motifs is 2. The van der Waals surface area contributed by atoms with Gasteiger partial charge in [0, 0.05) is 11.6 Å². The summed E-state index contributed by atoms with van der Waals surface area (Å²) in [6, 6.07) is 27.7. The van der Waals surface area contributed by atoms with E-state index in [9.17, 15) is 20.1 Å². The number of carbonyl (C=O) groups is 1. The van der Waals surface area contributed by atoms with Gasteiger partial charge in [-0.2, -0.15) is 0 Å². The zero-order chi connectivity index (χ0) is 22.9. The number of rotatable bonds is 5. The summed E-state index contributed by atoms with van der Waals surface area (Å²) in [6.45, 7) is 0. The van der Waals surface area contributed by atoms with Crippen molar-refractivity contribution in [3.05, 3.63) is 108 Å². The molecule has 0 bridgehead atoms. The molecule has 3 atom stereocenters. The molecular weight excluding hydrogens is 414 g/mol. The highest BCUT2D eigenvalue weighted by Crippen LogP contribution is 2.31. The number of nitrogens with one attached hydrogen (secondary N) is 1. The van der Waals surface area contributed by atoms with Crippen molar-refractivity contribution in [3.63, 3.8) is 0 Å². The van der Waals surface area contributed by atoms with Crippen molar-refractivity contribution in [2.45, 2.75) is 30.7 Å². The van der Waals surface area contributed by atoms with Gasteiger partial charge in [0.25, 0.3) is 0 Å². The number of hydrogen-bond donors (Lipinski definition) is 4. The zero-order valence-corrected chi connectivity index (χ0v) is 17.9. The van der Waals surface area contributed by atoms with Crippen molar-refractivity contribution < 1.29 is 20.1 Å². The maximum atomic E-state index is 11.6. The maximum absolute atomic E-state index is 11.6. The summed E-state index contributed by atoms with van der Waals surface area (Å²) >= 11 is 0. The molecule has 166 valence electrons. The summed E-state index contributed by atoms with van der Waals surface area (Å²) in [6.07, 6.45) is -1.01. The van der Waals surface area contributed by atoms with Crippen LogP contribution in [0.1, 0.15) is 23.6 Å². The molecule has 33 heavy (non-hydrogen) atoms. The van der Waals surface area contributed by atoms with E-state index in [1.54, 1.807) is 0 Å². The normalized spacial score (nSPS) is 20.8. The Kier molecular flexibility index (Phi) is 5.68. The second kappa shape index (κ2) is 8.79. The number of aliphatic carboxylic acids is 1. The molecular formula is C28H25NO4. The Hall–Kier alpha value is -3.51. The molecule has 4 aromatic rings. The Labute approximate surface area is 191 Å². The number of aliphatic hydroxyl groups excluding tert-OH is 2. The standard InChI is InChI=1S/C28H25NO4/c30-25-16-23(28(32)33)15-24(27(25)31)29-26(21-11-9-17-5-1-3-7-19(17)13-21)22-12-10-18-6-2-4-8-20(18)14-22/h1-14,16,24-27,29-31H,15H2,(H,32,33)/t24-,25-,27+/m1/s1. The van der Waals surface area contributed by atoms with Crippen LogP contribution in [0.25, 0.3) is 21.5 Å². The fraction of sp³-hybridized carbons (Fsp3) is 0.179. The molecule has 0 fully saturated rings. The minimum Gasteiger partial charge on any atom is -0.478 e. The highest BCUT2D eigenvalue weighted by Gasteiger charge is 2.34. The first-order valence-corrected chi connectivity index (χ1v) is 11.0. The molecule has 0 amide bonds. The van der Waals surface area contributed by atoms with Crippen molar-refractivity contribution in [1.29, 1.82) is 0 Å². The van der Waals surface area contributed by atoms with Crippen molar-refractivity contribution in [2.24, 2.45) is 0 Å². The van der Waals surface area contributed by atoms with Crippen LogP contribution in [0.5, 0.6) is 0 Å². The van der Waals surface area contributed by atoms with E-state index in [2.05, 4.69) is 66.0 Å². The van der Waals surface area contributed by atoms with Crippen LogP contribution in [0.4, 0.5) is 0 Å². The van der Waals surface area contributed by atoms with Crippen LogP contribution in [-0.4, -0.2) is 39.5 Å². The molecule has 5 nitrogen and oxygen atoms in total. The van der Waals surface area contributed by atoms with Crippen molar-refractivity contribution in [1.82, 2.24) is 5.32 Å². The largest absolute Gasteiger partial charge is 0.478 e. The first kappa shape index (κ1) is 21.3. The molecule has 1 aliphatic rings. The predicted octanol–water partition coefficient (Wildman–Crippen LogP) is 4.18. The van der Waals surface area contributed by atoms with Gasteiger partial charge in [-0.1, -0.05) is 72.8 Å². The van der Waals surface area contributed by atoms with Gasteiger partial charge in [0.1, 0.15) is 6.10 Å². The number of carboxylic acid groups (broad SMARTS) is 1. The lowest BCUT2D eigenvalue weighted by atomic mass is 9.87. The first-order chi connectivity index (χ1) is 16.0. The molecule has 4 aromatic carbocycles. The van der Waals surface area contributed by atoms with Crippen LogP contribution in [-0.2, 0) is 4.79 Å². The van der Waals surface area contributed by atoms with Crippen molar-refractivity contribution in [2.75, 3.05) is 0 Å². The molecule has 0 unspecified atom stereocenters. The highest BCUT2D eigenvalue weighted by atomic mass is 16.4. The minimum atomic E-state index is -1.24. The fourth-order valence-corrected chi connectivity index (χ4v) is 4.66. The molecule has 0 heterocycles. The molecule has 0 aliphatic heterocycles. The van der Waals surface area contributed by atoms with E-state index in [-0.39, 0.29) is 18.0 Å². The number of benzene rings is 4. The summed E-state index contributed by atoms with van der Waals surface area (Å²) in [4.78, 5) is 11.6. The van der Waals surface area contributed by atoms with Crippen LogP contribution in [0, 0.1) is 0 Å². The Bertz CT molecular complexity index is 1280. The minimum absolute atomic E-state index is 0.0982. The first-order valence-electron chi connectivity index (χ1n) is 11.0. The number of carboxylic acids is 1. The summed E-state index contributed by atoms with van der Waals surface area (Å²) in [7, 11) is 0. The maximum Gasteiger partial charge on any atom is 0.331 e. The smallest absolute Gasteiger partial charge is 0.331 e. The summed E-state index contributed by atoms with van der Waals surface area (Å²) in [5, 5.41) is 38.3. The van der Waals surface area contributed by atoms with Crippen LogP contribution in [0.15, 0.2) is 96.6 Å². The van der Waals surface area contributed by atoms with Gasteiger partial charge in [0.15, 0.2) is 0 Å². The summed E-state index contributed by atoms with van der Waals surface area (Å²) in [5.74, 6) is -1.08. The lowest BCUT2D eigenvalue weighted by molar-refractivity contribution is -0.133. The van der Waals surface area contributed by atoms with Gasteiger partial charge in [0.2, 0.25) is 0 Å². The highest BCUT2D eigenvalue weighted by molar-refractivity contribution is 5.87. The van der Waals surface area contributed by atoms with E-state index >= 15 is 0 Å². The molecule has 0 spiro atoms. The summed E-state index contributed by atoms with van der Waals surface area (Å²) < 4.78 is 0. The molecule has 0 saturated carbocycles. The van der Waals surface area contributed by atoms with Gasteiger partial charge in [-0.25, -0.2) is 4.79 Å². The van der Waals surface area contributed by atoms with Gasteiger partial charge in [-0.15, -0.1) is 0 Å². The SMILES string of the molecule is O=C(O)C1=C[C@@H](O)[C@@H](O)[C@H](NC(c2ccc3ccccc3c2)c2ccc3ccccc3c2)C1. The lowest BCUT2D eigenvalue weighted by Crippen LogP contribution is -2.50. The lowest BCUT2D eigenvalue weighted by Gasteiger charge is -2.34. The van der Waals surface area contributed by atoms with E-state index < -0.39 is 24.2 Å². The molecule has 1 aliphatic carbocycles. The fourth-order valence-electron chi connectivity index (χ4n) is 4.66. The molecule has 4 N–H and O–H groups in total. The third kappa shape index (κ3) is 4.26. The second-order valence-corrected chi connectivity index (χ2v) is 8.60. The molecule has 5 heteroatoms. The monoisotopic (exact) mass is 439 g/mol. The zero-order valence-electron chi connectivity index (χ0n) is 17.9. The molecule has 0 saturated heterocycles. The number of aliphatic hydroxyl groups is 2. The quantitative estimate of drug-likeness (QED) is 0.375. The van der Waals surface area contributed by atoms with Gasteiger partial charge in [-0.05, 0) is 57.3 Å². The van der Waals surface area contributed by atoms with E-state index in [0.717, 1.165) is 32.7 Å². The van der Waals surface area contributed by atoms with Crippen molar-refractivity contribution >= 4 is 27.5 Å².